The van der Waals surface area contributed by atoms with E-state index in [9.17, 15) is 19.8 Å². The fourth-order valence-electron chi connectivity index (χ4n) is 4.87. The molecule has 0 fully saturated rings. The van der Waals surface area contributed by atoms with Crippen molar-refractivity contribution in [3.63, 3.8) is 0 Å². The molecule has 2 heterocycles. The van der Waals surface area contributed by atoms with E-state index in [0.29, 0.717) is 30.9 Å². The Hall–Kier alpha value is -2.82. The highest BCUT2D eigenvalue weighted by molar-refractivity contribution is 5.74. The van der Waals surface area contributed by atoms with Gasteiger partial charge in [0.1, 0.15) is 5.76 Å². The Morgan fingerprint density at radius 2 is 1.85 bits per heavy atom. The van der Waals surface area contributed by atoms with Crippen molar-refractivity contribution in [1.29, 1.82) is 0 Å². The number of rotatable bonds is 11. The highest BCUT2D eigenvalue weighted by atomic mass is 16.7. The van der Waals surface area contributed by atoms with Crippen LogP contribution in [-0.4, -0.2) is 85.5 Å². The lowest BCUT2D eigenvalue weighted by atomic mass is 9.87. The molecule has 1 aromatic carbocycles. The minimum Gasteiger partial charge on any atom is -0.497 e. The molecule has 0 saturated heterocycles. The van der Waals surface area contributed by atoms with Gasteiger partial charge in [0, 0.05) is 25.9 Å². The number of aliphatic hydroxyl groups excluding tert-OH is 1. The average molecular weight is 566 g/mol. The maximum absolute atomic E-state index is 13.0. The van der Waals surface area contributed by atoms with Crippen LogP contribution in [0.25, 0.3) is 0 Å². The van der Waals surface area contributed by atoms with Crippen molar-refractivity contribution in [1.82, 2.24) is 4.90 Å². The second-order valence-corrected chi connectivity index (χ2v) is 10.7. The van der Waals surface area contributed by atoms with E-state index in [-0.39, 0.29) is 25.1 Å². The van der Waals surface area contributed by atoms with Crippen molar-refractivity contribution >= 4 is 11.9 Å². The fraction of sp³-hybridized carbons (Fsp3) is 0.667. The lowest BCUT2D eigenvalue weighted by Crippen LogP contribution is -2.39. The summed E-state index contributed by atoms with van der Waals surface area (Å²) in [5, 5.41) is 20.5. The van der Waals surface area contributed by atoms with Gasteiger partial charge in [0.15, 0.2) is 23.7 Å². The smallest absolute Gasteiger partial charge is 0.335 e. The van der Waals surface area contributed by atoms with E-state index in [0.717, 1.165) is 42.8 Å². The molecule has 0 amide bonds. The van der Waals surface area contributed by atoms with Gasteiger partial charge in [0.25, 0.3) is 0 Å². The van der Waals surface area contributed by atoms with Crippen LogP contribution in [0.2, 0.25) is 0 Å². The topological polar surface area (TPSA) is 124 Å². The summed E-state index contributed by atoms with van der Waals surface area (Å²) in [4.78, 5) is 25.0. The summed E-state index contributed by atoms with van der Waals surface area (Å²) in [6, 6.07) is 4.04. The van der Waals surface area contributed by atoms with Crippen LogP contribution < -0.4 is 9.47 Å². The summed E-state index contributed by atoms with van der Waals surface area (Å²) in [6.45, 7) is 11.5. The monoisotopic (exact) mass is 565 g/mol. The molecule has 2 N–H and O–H groups in total. The van der Waals surface area contributed by atoms with Gasteiger partial charge < -0.3 is 38.8 Å². The molecule has 226 valence electrons. The number of allylic oxidation sites excluding steroid dienone is 1. The largest absolute Gasteiger partial charge is 0.497 e. The number of carbonyl (C=O) groups excluding carboxylic acids is 2. The summed E-state index contributed by atoms with van der Waals surface area (Å²) < 4.78 is 27.0. The summed E-state index contributed by atoms with van der Waals surface area (Å²) in [7, 11) is 2.92. The Bertz CT molecular complexity index is 1000. The normalized spacial score (nSPS) is 18.4. The van der Waals surface area contributed by atoms with Crippen molar-refractivity contribution in [2.75, 3.05) is 40.6 Å². The predicted octanol–water partition coefficient (Wildman–Crippen LogP) is 3.71. The lowest BCUT2D eigenvalue weighted by molar-refractivity contribution is -0.161. The molecule has 2 unspecified atom stereocenters. The number of benzene rings is 1. The van der Waals surface area contributed by atoms with Gasteiger partial charge in [-0.3, -0.25) is 4.79 Å². The van der Waals surface area contributed by atoms with E-state index in [1.165, 1.54) is 14.0 Å². The van der Waals surface area contributed by atoms with Crippen molar-refractivity contribution in [2.24, 2.45) is 0 Å². The van der Waals surface area contributed by atoms with Crippen LogP contribution in [0.3, 0.4) is 0 Å². The third-order valence-corrected chi connectivity index (χ3v) is 6.96. The molecular weight excluding hydrogens is 518 g/mol. The summed E-state index contributed by atoms with van der Waals surface area (Å²) in [5.74, 6) is 0.816. The highest BCUT2D eigenvalue weighted by Crippen LogP contribution is 2.41. The van der Waals surface area contributed by atoms with Gasteiger partial charge in [0.05, 0.1) is 19.8 Å². The van der Waals surface area contributed by atoms with Crippen molar-refractivity contribution in [3.8, 4) is 11.5 Å². The quantitative estimate of drug-likeness (QED) is 0.303. The Kier molecular flexibility index (Phi) is 13.2. The first-order chi connectivity index (χ1) is 18.9. The molecule has 0 aliphatic carbocycles. The third kappa shape index (κ3) is 9.98. The van der Waals surface area contributed by atoms with Crippen LogP contribution in [0.4, 0.5) is 0 Å². The van der Waals surface area contributed by atoms with Gasteiger partial charge >= 0.3 is 11.9 Å². The van der Waals surface area contributed by atoms with E-state index >= 15 is 0 Å². The SMILES string of the molecule is C/C=C(/OC)[C@@H](OC(=O)C(O)CCCC(C)(C)O)C1CN(CCC)CCc2cc3c(cc21)OCO3.COC(C)=O. The Labute approximate surface area is 238 Å². The fourth-order valence-corrected chi connectivity index (χ4v) is 4.87. The first-order valence-corrected chi connectivity index (χ1v) is 13.9. The zero-order valence-corrected chi connectivity index (χ0v) is 25.0. The predicted molar refractivity (Wildman–Crippen MR) is 150 cm³/mol. The van der Waals surface area contributed by atoms with Crippen LogP contribution >= 0.6 is 0 Å². The molecule has 40 heavy (non-hydrogen) atoms. The molecule has 10 nitrogen and oxygen atoms in total. The van der Waals surface area contributed by atoms with Crippen molar-refractivity contribution in [2.45, 2.75) is 90.4 Å². The van der Waals surface area contributed by atoms with E-state index < -0.39 is 23.8 Å². The molecule has 10 heteroatoms. The summed E-state index contributed by atoms with van der Waals surface area (Å²) in [5.41, 5.74) is 1.33. The molecule has 0 spiro atoms. The van der Waals surface area contributed by atoms with Gasteiger partial charge in [0.2, 0.25) is 6.79 Å². The molecule has 3 rings (SSSR count). The van der Waals surface area contributed by atoms with Crippen LogP contribution in [0.5, 0.6) is 11.5 Å². The standard InChI is InChI=1S/C27H41NO7.C3H6O2/c1-6-12-28-13-10-18-14-23-24(34-17-33-23)15-19(18)20(16-28)25(22(7-2)32-5)35-26(30)21(29)9-8-11-27(3,4)31;1-3(4)5-2/h7,14-15,20-21,25,29,31H,6,8-13,16-17H2,1-5H3;1-2H3/b22-7+;/t20?,21?,25-;/m0./s1. The zero-order chi connectivity index (χ0) is 29.9. The number of esters is 2. The number of fused-ring (bicyclic) bond motifs is 2. The van der Waals surface area contributed by atoms with Crippen LogP contribution in [0.1, 0.15) is 77.3 Å². The average Bonchev–Trinajstić information content (AvgIpc) is 3.29. The second kappa shape index (κ2) is 15.8. The molecule has 2 aliphatic rings. The van der Waals surface area contributed by atoms with E-state index in [1.807, 2.05) is 19.1 Å². The minimum absolute atomic E-state index is 0.193. The third-order valence-electron chi connectivity index (χ3n) is 6.96. The second-order valence-electron chi connectivity index (χ2n) is 10.7. The molecule has 3 atom stereocenters. The van der Waals surface area contributed by atoms with Crippen LogP contribution in [-0.2, 0) is 30.2 Å². The molecule has 2 aliphatic heterocycles. The Balaban J connectivity index is 0.00000103. The maximum atomic E-state index is 13.0. The van der Waals surface area contributed by atoms with E-state index in [1.54, 1.807) is 27.0 Å². The van der Waals surface area contributed by atoms with Crippen molar-refractivity contribution in [3.05, 3.63) is 35.1 Å². The molecular formula is C30H47NO9. The number of aliphatic hydroxyl groups is 2. The van der Waals surface area contributed by atoms with Gasteiger partial charge in [-0.05, 0) is 88.8 Å². The number of carbonyl (C=O) groups is 2. The molecule has 0 radical (unpaired) electrons. The molecule has 0 saturated carbocycles. The first-order valence-electron chi connectivity index (χ1n) is 13.9. The zero-order valence-electron chi connectivity index (χ0n) is 25.0. The number of methoxy groups -OCH3 is 2. The highest BCUT2D eigenvalue weighted by Gasteiger charge is 2.37. The van der Waals surface area contributed by atoms with E-state index in [4.69, 9.17) is 18.9 Å². The Morgan fingerprint density at radius 3 is 2.40 bits per heavy atom. The summed E-state index contributed by atoms with van der Waals surface area (Å²) in [6.07, 6.45) is 2.88. The number of hydrogen-bond donors (Lipinski definition) is 2. The van der Waals surface area contributed by atoms with Crippen LogP contribution in [0, 0.1) is 0 Å². The minimum atomic E-state index is -1.27. The van der Waals surface area contributed by atoms with Crippen LogP contribution in [0.15, 0.2) is 24.0 Å². The van der Waals surface area contributed by atoms with Gasteiger partial charge in [-0.15, -0.1) is 0 Å². The van der Waals surface area contributed by atoms with Gasteiger partial charge in [-0.1, -0.05) is 6.92 Å². The first kappa shape index (κ1) is 33.4. The number of ether oxygens (including phenoxy) is 5. The Morgan fingerprint density at radius 1 is 1.20 bits per heavy atom. The molecule has 0 aromatic heterocycles. The van der Waals surface area contributed by atoms with E-state index in [2.05, 4.69) is 16.6 Å². The molecule has 1 aromatic rings. The number of hydrogen-bond acceptors (Lipinski definition) is 10. The number of nitrogens with zero attached hydrogens (tertiary/aromatic N) is 1. The van der Waals surface area contributed by atoms with Gasteiger partial charge in [-0.2, -0.15) is 0 Å². The lowest BCUT2D eigenvalue weighted by Gasteiger charge is -2.32. The van der Waals surface area contributed by atoms with Crippen molar-refractivity contribution < 1.29 is 43.5 Å². The van der Waals surface area contributed by atoms with Gasteiger partial charge in [-0.25, -0.2) is 4.79 Å². The molecule has 0 bridgehead atoms. The maximum Gasteiger partial charge on any atom is 0.335 e. The summed E-state index contributed by atoms with van der Waals surface area (Å²) >= 11 is 0.